The molecule has 160 valence electrons. The Hall–Kier alpha value is -2.89. The number of nitrogens with one attached hydrogen (secondary N) is 1. The first-order chi connectivity index (χ1) is 15.0. The van der Waals surface area contributed by atoms with Crippen molar-refractivity contribution in [1.29, 1.82) is 0 Å². The lowest BCUT2D eigenvalue weighted by molar-refractivity contribution is -0.150. The molecule has 0 spiro atoms. The summed E-state index contributed by atoms with van der Waals surface area (Å²) >= 11 is 2.72. The van der Waals surface area contributed by atoms with Crippen molar-refractivity contribution < 1.29 is 19.5 Å². The predicted molar refractivity (Wildman–Crippen MR) is 116 cm³/mol. The molecule has 2 aliphatic heterocycles. The van der Waals surface area contributed by atoms with E-state index >= 15 is 0 Å². The molecule has 3 heterocycles. The first kappa shape index (κ1) is 21.3. The Morgan fingerprint density at radius 2 is 1.97 bits per heavy atom. The molecule has 1 aromatic carbocycles. The Labute approximate surface area is 186 Å². The van der Waals surface area contributed by atoms with Crippen LogP contribution < -0.4 is 11.1 Å². The van der Waals surface area contributed by atoms with E-state index in [1.807, 2.05) is 6.07 Å². The van der Waals surface area contributed by atoms with E-state index in [9.17, 15) is 19.5 Å². The van der Waals surface area contributed by atoms with Gasteiger partial charge in [0.1, 0.15) is 23.2 Å². The topological polar surface area (TPSA) is 139 Å². The molecule has 4 N–H and O–H groups in total. The minimum Gasteiger partial charge on any atom is -0.477 e. The molecule has 2 aromatic rings. The molecule has 0 saturated carbocycles. The van der Waals surface area contributed by atoms with Crippen molar-refractivity contribution in [2.24, 2.45) is 5.73 Å². The number of benzene rings is 1. The second-order valence-corrected chi connectivity index (χ2v) is 8.91. The number of carbonyl (C=O) groups excluding carboxylic acids is 2. The van der Waals surface area contributed by atoms with Crippen LogP contribution in [0.2, 0.25) is 0 Å². The number of aromatic nitrogens is 2. The monoisotopic (exact) mass is 457 g/mol. The lowest BCUT2D eigenvalue weighted by Crippen LogP contribution is -2.71. The standard InChI is InChI=1S/C20H19N5O4S2/c21-13(11-5-2-1-3-6-11)16(26)24-14-17(27)25-15(19(28)29)12(9-30-18(14)25)10-31-20-22-7-4-8-23-20/h1-8,13-14,18H,9-10,21H2,(H,24,26)(H,28,29)/t13?,14?,18-/m0/s1. The zero-order valence-corrected chi connectivity index (χ0v) is 17.8. The zero-order valence-electron chi connectivity index (χ0n) is 16.2. The number of rotatable bonds is 7. The van der Waals surface area contributed by atoms with Gasteiger partial charge in [0.05, 0.1) is 0 Å². The maximum absolute atomic E-state index is 12.8. The Balaban J connectivity index is 1.46. The molecule has 11 heteroatoms. The molecule has 31 heavy (non-hydrogen) atoms. The molecule has 2 aliphatic rings. The molecule has 4 rings (SSSR count). The van der Waals surface area contributed by atoms with E-state index in [4.69, 9.17) is 5.73 Å². The highest BCUT2D eigenvalue weighted by Gasteiger charge is 2.54. The van der Waals surface area contributed by atoms with E-state index < -0.39 is 35.2 Å². The fraction of sp³-hybridized carbons (Fsp3) is 0.250. The van der Waals surface area contributed by atoms with Gasteiger partial charge in [-0.2, -0.15) is 0 Å². The van der Waals surface area contributed by atoms with Crippen LogP contribution in [0.1, 0.15) is 11.6 Å². The summed E-state index contributed by atoms with van der Waals surface area (Å²) in [7, 11) is 0. The van der Waals surface area contributed by atoms with Crippen molar-refractivity contribution in [3.05, 3.63) is 65.6 Å². The third kappa shape index (κ3) is 4.29. The first-order valence-electron chi connectivity index (χ1n) is 9.38. The van der Waals surface area contributed by atoms with Crippen molar-refractivity contribution >= 4 is 41.3 Å². The summed E-state index contributed by atoms with van der Waals surface area (Å²) in [6, 6.07) is 8.82. The third-order valence-electron chi connectivity index (χ3n) is 4.91. The number of nitrogens with two attached hydrogens (primary N) is 1. The van der Waals surface area contributed by atoms with Crippen LogP contribution in [0.5, 0.6) is 0 Å². The minimum atomic E-state index is -1.17. The van der Waals surface area contributed by atoms with Gasteiger partial charge in [-0.05, 0) is 17.2 Å². The fourth-order valence-corrected chi connectivity index (χ4v) is 5.65. The number of β-lactam (4-membered cyclic amide) rings is 1. The van der Waals surface area contributed by atoms with Crippen molar-refractivity contribution in [3.63, 3.8) is 0 Å². The molecule has 1 saturated heterocycles. The third-order valence-corrected chi connectivity index (χ3v) is 7.21. The summed E-state index contributed by atoms with van der Waals surface area (Å²) in [4.78, 5) is 46.7. The number of carboxylic acid groups (broad SMARTS) is 1. The molecule has 0 bridgehead atoms. The van der Waals surface area contributed by atoms with Crippen LogP contribution in [0, 0.1) is 0 Å². The van der Waals surface area contributed by atoms with Crippen LogP contribution in [0.25, 0.3) is 0 Å². The average molecular weight is 458 g/mol. The smallest absolute Gasteiger partial charge is 0.352 e. The number of carboxylic acids is 1. The normalized spacial score (nSPS) is 21.2. The van der Waals surface area contributed by atoms with Crippen LogP contribution in [0.3, 0.4) is 0 Å². The molecule has 1 aromatic heterocycles. The fourth-order valence-electron chi connectivity index (χ4n) is 3.36. The Kier molecular flexibility index (Phi) is 6.25. The van der Waals surface area contributed by atoms with E-state index in [-0.39, 0.29) is 5.70 Å². The summed E-state index contributed by atoms with van der Waals surface area (Å²) < 4.78 is 0. The van der Waals surface area contributed by atoms with Gasteiger partial charge in [0, 0.05) is 23.9 Å². The van der Waals surface area contributed by atoms with Gasteiger partial charge < -0.3 is 16.2 Å². The van der Waals surface area contributed by atoms with Gasteiger partial charge in [0.2, 0.25) is 5.91 Å². The largest absolute Gasteiger partial charge is 0.477 e. The highest BCUT2D eigenvalue weighted by atomic mass is 32.2. The number of amides is 2. The van der Waals surface area contributed by atoms with E-state index in [1.54, 1.807) is 42.7 Å². The van der Waals surface area contributed by atoms with Crippen molar-refractivity contribution in [3.8, 4) is 0 Å². The quantitative estimate of drug-likeness (QED) is 0.316. The van der Waals surface area contributed by atoms with Gasteiger partial charge in [-0.1, -0.05) is 42.1 Å². The molecule has 3 atom stereocenters. The van der Waals surface area contributed by atoms with Gasteiger partial charge in [0.25, 0.3) is 5.91 Å². The number of hydrogen-bond donors (Lipinski definition) is 3. The van der Waals surface area contributed by atoms with Crippen LogP contribution >= 0.6 is 23.5 Å². The minimum absolute atomic E-state index is 0.0324. The number of thioether (sulfide) groups is 2. The molecule has 0 radical (unpaired) electrons. The van der Waals surface area contributed by atoms with Gasteiger partial charge in [-0.15, -0.1) is 11.8 Å². The van der Waals surface area contributed by atoms with Gasteiger partial charge >= 0.3 is 5.97 Å². The summed E-state index contributed by atoms with van der Waals surface area (Å²) in [6.45, 7) is 0. The number of aliphatic carboxylic acids is 1. The van der Waals surface area contributed by atoms with Crippen LogP contribution in [0.15, 0.2) is 65.2 Å². The van der Waals surface area contributed by atoms with Gasteiger partial charge in [-0.3, -0.25) is 14.5 Å². The maximum Gasteiger partial charge on any atom is 0.352 e. The number of hydrogen-bond acceptors (Lipinski definition) is 8. The number of carbonyl (C=O) groups is 3. The van der Waals surface area contributed by atoms with E-state index in [1.165, 1.54) is 28.4 Å². The van der Waals surface area contributed by atoms with E-state index in [0.29, 0.717) is 27.8 Å². The Morgan fingerprint density at radius 1 is 1.26 bits per heavy atom. The second kappa shape index (κ2) is 9.08. The van der Waals surface area contributed by atoms with Crippen molar-refractivity contribution in [2.75, 3.05) is 11.5 Å². The van der Waals surface area contributed by atoms with Gasteiger partial charge in [-0.25, -0.2) is 14.8 Å². The lowest BCUT2D eigenvalue weighted by Gasteiger charge is -2.49. The highest BCUT2D eigenvalue weighted by molar-refractivity contribution is 8.01. The molecule has 2 amide bonds. The Morgan fingerprint density at radius 3 is 2.65 bits per heavy atom. The SMILES string of the molecule is NC(C(=O)NC1C(=O)N2C(C(=O)O)=C(CSc3ncccn3)CS[C@@H]12)c1ccccc1. The van der Waals surface area contributed by atoms with Crippen LogP contribution in [0.4, 0.5) is 0 Å². The highest BCUT2D eigenvalue weighted by Crippen LogP contribution is 2.41. The average Bonchev–Trinajstić information content (AvgIpc) is 2.80. The van der Waals surface area contributed by atoms with Crippen molar-refractivity contribution in [1.82, 2.24) is 20.2 Å². The summed E-state index contributed by atoms with van der Waals surface area (Å²) in [5, 5.41) is 12.5. The number of nitrogens with zero attached hydrogens (tertiary/aromatic N) is 3. The number of fused-ring (bicyclic) bond motifs is 1. The predicted octanol–water partition coefficient (Wildman–Crippen LogP) is 1.01. The van der Waals surface area contributed by atoms with Gasteiger partial charge in [0.15, 0.2) is 5.16 Å². The lowest BCUT2D eigenvalue weighted by atomic mass is 10.0. The zero-order chi connectivity index (χ0) is 22.0. The Bertz CT molecular complexity index is 1030. The summed E-state index contributed by atoms with van der Waals surface area (Å²) in [5.74, 6) is -1.33. The molecular formula is C20H19N5O4S2. The van der Waals surface area contributed by atoms with E-state index in [0.717, 1.165) is 0 Å². The van der Waals surface area contributed by atoms with Crippen molar-refractivity contribution in [2.45, 2.75) is 22.6 Å². The molecule has 9 nitrogen and oxygen atoms in total. The van der Waals surface area contributed by atoms with Crippen LogP contribution in [-0.2, 0) is 14.4 Å². The molecule has 0 aliphatic carbocycles. The first-order valence-corrected chi connectivity index (χ1v) is 11.4. The second-order valence-electron chi connectivity index (χ2n) is 6.86. The molecule has 2 unspecified atom stereocenters. The maximum atomic E-state index is 12.8. The van der Waals surface area contributed by atoms with Crippen LogP contribution in [-0.4, -0.2) is 60.7 Å². The molecule has 1 fully saturated rings. The van der Waals surface area contributed by atoms with E-state index in [2.05, 4.69) is 15.3 Å². The summed E-state index contributed by atoms with van der Waals surface area (Å²) in [6.07, 6.45) is 3.22. The summed E-state index contributed by atoms with van der Waals surface area (Å²) in [5.41, 5.74) is 7.23. The molecular weight excluding hydrogens is 438 g/mol.